The van der Waals surface area contributed by atoms with Crippen LogP contribution in [0.5, 0.6) is 5.75 Å². The number of nitrogens with zero attached hydrogens (tertiary/aromatic N) is 1. The number of methoxy groups -OCH3 is 1. The zero-order valence-electron chi connectivity index (χ0n) is 15.7. The Hall–Kier alpha value is -3.92. The van der Waals surface area contributed by atoms with Crippen LogP contribution in [0.3, 0.4) is 0 Å². The lowest BCUT2D eigenvalue weighted by Crippen LogP contribution is -2.14. The Morgan fingerprint density at radius 1 is 1.00 bits per heavy atom. The van der Waals surface area contributed by atoms with Crippen molar-refractivity contribution in [3.63, 3.8) is 0 Å². The van der Waals surface area contributed by atoms with Gasteiger partial charge in [-0.25, -0.2) is 8.42 Å². The second-order valence-corrected chi connectivity index (χ2v) is 7.77. The zero-order valence-corrected chi connectivity index (χ0v) is 16.5. The van der Waals surface area contributed by atoms with Crippen LogP contribution in [0.4, 0.5) is 17.1 Å². The van der Waals surface area contributed by atoms with Gasteiger partial charge >= 0.3 is 0 Å². The van der Waals surface area contributed by atoms with Gasteiger partial charge in [0.15, 0.2) is 0 Å². The maximum absolute atomic E-state index is 12.5. The van der Waals surface area contributed by atoms with E-state index in [2.05, 4.69) is 10.0 Å². The van der Waals surface area contributed by atoms with Crippen molar-refractivity contribution in [3.05, 3.63) is 88.5 Å². The summed E-state index contributed by atoms with van der Waals surface area (Å²) in [7, 11) is -2.37. The first-order valence-corrected chi connectivity index (χ1v) is 10.1. The fourth-order valence-electron chi connectivity index (χ4n) is 2.61. The summed E-state index contributed by atoms with van der Waals surface area (Å²) in [5.41, 5.74) is 0.455. The number of anilines is 2. The molecule has 0 bridgehead atoms. The summed E-state index contributed by atoms with van der Waals surface area (Å²) in [5.74, 6) is -0.271. The summed E-state index contributed by atoms with van der Waals surface area (Å²) < 4.78 is 32.3. The molecule has 10 heteroatoms. The number of carbonyl (C=O) groups excluding carboxylic acids is 1. The van der Waals surface area contributed by atoms with Gasteiger partial charge in [-0.2, -0.15) is 0 Å². The number of sulfonamides is 1. The molecule has 0 saturated heterocycles. The van der Waals surface area contributed by atoms with Crippen LogP contribution in [0.1, 0.15) is 10.4 Å². The number of nitrogens with one attached hydrogen (secondary N) is 2. The van der Waals surface area contributed by atoms with E-state index in [-0.39, 0.29) is 33.3 Å². The van der Waals surface area contributed by atoms with Crippen molar-refractivity contribution in [1.82, 2.24) is 0 Å². The monoisotopic (exact) mass is 427 g/mol. The molecule has 3 aromatic carbocycles. The zero-order chi connectivity index (χ0) is 21.7. The lowest BCUT2D eigenvalue weighted by Gasteiger charge is -2.11. The molecule has 0 saturated carbocycles. The van der Waals surface area contributed by atoms with Gasteiger partial charge in [0.25, 0.3) is 21.6 Å². The molecule has 2 N–H and O–H groups in total. The first-order chi connectivity index (χ1) is 14.3. The molecule has 154 valence electrons. The second kappa shape index (κ2) is 8.62. The average Bonchev–Trinajstić information content (AvgIpc) is 2.74. The van der Waals surface area contributed by atoms with E-state index in [1.165, 1.54) is 61.7 Å². The number of nitro benzene ring substituents is 1. The Morgan fingerprint density at radius 3 is 2.27 bits per heavy atom. The molecule has 0 aromatic heterocycles. The van der Waals surface area contributed by atoms with Gasteiger partial charge in [0.2, 0.25) is 0 Å². The molecular weight excluding hydrogens is 410 g/mol. The van der Waals surface area contributed by atoms with Gasteiger partial charge in [-0.05, 0) is 42.5 Å². The van der Waals surface area contributed by atoms with E-state index < -0.39 is 20.9 Å². The van der Waals surface area contributed by atoms with Crippen molar-refractivity contribution in [1.29, 1.82) is 0 Å². The number of non-ortho nitro benzene ring substituents is 1. The summed E-state index contributed by atoms with van der Waals surface area (Å²) in [6.07, 6.45) is 0. The lowest BCUT2D eigenvalue weighted by molar-refractivity contribution is -0.384. The molecule has 0 aliphatic rings. The van der Waals surface area contributed by atoms with E-state index in [9.17, 15) is 23.3 Å². The Bertz CT molecular complexity index is 1180. The average molecular weight is 427 g/mol. The number of hydrogen-bond donors (Lipinski definition) is 2. The van der Waals surface area contributed by atoms with E-state index in [0.29, 0.717) is 0 Å². The van der Waals surface area contributed by atoms with E-state index in [1.54, 1.807) is 18.2 Å². The molecule has 30 heavy (non-hydrogen) atoms. The molecule has 0 fully saturated rings. The van der Waals surface area contributed by atoms with Crippen LogP contribution in [0.25, 0.3) is 0 Å². The number of ether oxygens (including phenoxy) is 1. The van der Waals surface area contributed by atoms with Gasteiger partial charge in [-0.3, -0.25) is 19.6 Å². The van der Waals surface area contributed by atoms with E-state index in [0.717, 1.165) is 0 Å². The molecule has 3 aromatic rings. The number of benzene rings is 3. The number of amides is 1. The number of carbonyl (C=O) groups is 1. The van der Waals surface area contributed by atoms with E-state index in [4.69, 9.17) is 4.74 Å². The lowest BCUT2D eigenvalue weighted by atomic mass is 10.2. The van der Waals surface area contributed by atoms with Crippen LogP contribution in [0.2, 0.25) is 0 Å². The van der Waals surface area contributed by atoms with Crippen LogP contribution >= 0.6 is 0 Å². The third-order valence-corrected chi connectivity index (χ3v) is 5.49. The molecule has 0 radical (unpaired) electrons. The quantitative estimate of drug-likeness (QED) is 0.437. The van der Waals surface area contributed by atoms with Gasteiger partial charge in [-0.1, -0.05) is 18.2 Å². The number of hydrogen-bond acceptors (Lipinski definition) is 6. The summed E-state index contributed by atoms with van der Waals surface area (Å²) in [5, 5.41) is 13.5. The molecule has 9 nitrogen and oxygen atoms in total. The molecule has 0 aliphatic heterocycles. The standard InChI is InChI=1S/C20H17N3O6S/c1-29-19-12-11-16(23(25)26)13-18(19)21-20(24)14-7-9-15(10-8-14)22-30(27,28)17-5-3-2-4-6-17/h2-13,22H,1H3,(H,21,24). The predicted molar refractivity (Wildman–Crippen MR) is 111 cm³/mol. The highest BCUT2D eigenvalue weighted by atomic mass is 32.2. The van der Waals surface area contributed by atoms with Crippen molar-refractivity contribution in [2.75, 3.05) is 17.1 Å². The minimum absolute atomic E-state index is 0.115. The molecule has 0 unspecified atom stereocenters. The second-order valence-electron chi connectivity index (χ2n) is 6.09. The SMILES string of the molecule is COc1ccc([N+](=O)[O-])cc1NC(=O)c1ccc(NS(=O)(=O)c2ccccc2)cc1. The van der Waals surface area contributed by atoms with Crippen LogP contribution in [-0.2, 0) is 10.0 Å². The number of nitro groups is 1. The summed E-state index contributed by atoms with van der Waals surface area (Å²) in [6, 6.07) is 17.5. The third-order valence-electron chi connectivity index (χ3n) is 4.09. The summed E-state index contributed by atoms with van der Waals surface area (Å²) >= 11 is 0. The highest BCUT2D eigenvalue weighted by molar-refractivity contribution is 7.92. The Kier molecular flexibility index (Phi) is 5.98. The van der Waals surface area contributed by atoms with E-state index >= 15 is 0 Å². The Balaban J connectivity index is 1.76. The van der Waals surface area contributed by atoms with Crippen molar-refractivity contribution in [3.8, 4) is 5.75 Å². The fourth-order valence-corrected chi connectivity index (χ4v) is 3.68. The molecule has 1 amide bonds. The highest BCUT2D eigenvalue weighted by Crippen LogP contribution is 2.29. The molecule has 0 spiro atoms. The smallest absolute Gasteiger partial charge is 0.271 e. The third kappa shape index (κ3) is 4.73. The first-order valence-electron chi connectivity index (χ1n) is 8.62. The largest absolute Gasteiger partial charge is 0.495 e. The van der Waals surface area contributed by atoms with Crippen LogP contribution in [0, 0.1) is 10.1 Å². The summed E-state index contributed by atoms with van der Waals surface area (Å²) in [6.45, 7) is 0. The molecular formula is C20H17N3O6S. The predicted octanol–water partition coefficient (Wildman–Crippen LogP) is 3.66. The van der Waals surface area contributed by atoms with Crippen molar-refractivity contribution in [2.24, 2.45) is 0 Å². The normalized spacial score (nSPS) is 10.8. The maximum Gasteiger partial charge on any atom is 0.271 e. The van der Waals surface area contributed by atoms with Gasteiger partial charge in [0, 0.05) is 23.4 Å². The van der Waals surface area contributed by atoms with Crippen LogP contribution < -0.4 is 14.8 Å². The highest BCUT2D eigenvalue weighted by Gasteiger charge is 2.16. The Labute approximate surface area is 172 Å². The van der Waals surface area contributed by atoms with Gasteiger partial charge < -0.3 is 10.1 Å². The Morgan fingerprint density at radius 2 is 1.67 bits per heavy atom. The molecule has 0 atom stereocenters. The van der Waals surface area contributed by atoms with E-state index in [1.807, 2.05) is 0 Å². The number of rotatable bonds is 7. The fraction of sp³-hybridized carbons (Fsp3) is 0.0500. The van der Waals surface area contributed by atoms with Crippen molar-refractivity contribution < 1.29 is 22.9 Å². The van der Waals surface area contributed by atoms with Gasteiger partial charge in [0.05, 0.1) is 22.6 Å². The topological polar surface area (TPSA) is 128 Å². The minimum atomic E-state index is -3.75. The van der Waals surface area contributed by atoms with Crippen LogP contribution in [-0.4, -0.2) is 26.4 Å². The van der Waals surface area contributed by atoms with Crippen LogP contribution in [0.15, 0.2) is 77.7 Å². The molecule has 3 rings (SSSR count). The first kappa shape index (κ1) is 20.8. The van der Waals surface area contributed by atoms with Gasteiger partial charge in [-0.15, -0.1) is 0 Å². The van der Waals surface area contributed by atoms with Gasteiger partial charge in [0.1, 0.15) is 5.75 Å². The van der Waals surface area contributed by atoms with Crippen molar-refractivity contribution >= 4 is 33.0 Å². The maximum atomic E-state index is 12.5. The van der Waals surface area contributed by atoms with Crippen molar-refractivity contribution in [2.45, 2.75) is 4.90 Å². The minimum Gasteiger partial charge on any atom is -0.495 e. The molecule has 0 aliphatic carbocycles. The summed E-state index contributed by atoms with van der Waals surface area (Å²) in [4.78, 5) is 23.0. The molecule has 0 heterocycles.